The van der Waals surface area contributed by atoms with Crippen molar-refractivity contribution in [2.75, 3.05) is 26.3 Å². The molecule has 0 aromatic heterocycles. The van der Waals surface area contributed by atoms with Gasteiger partial charge in [0.15, 0.2) is 0 Å². The third kappa shape index (κ3) is 2.03. The normalized spacial score (nSPS) is 23.9. The molecule has 3 nitrogen and oxygen atoms in total. The first kappa shape index (κ1) is 11.0. The molecule has 0 spiro atoms. The lowest BCUT2D eigenvalue weighted by molar-refractivity contribution is 0.0232. The molecule has 1 aromatic carbocycles. The average Bonchev–Trinajstić information content (AvgIpc) is 2.39. The van der Waals surface area contributed by atoms with Crippen LogP contribution in [0.1, 0.15) is 23.7 Å². The molecule has 92 valence electrons. The van der Waals surface area contributed by atoms with Crippen LogP contribution in [0.15, 0.2) is 12.1 Å². The van der Waals surface area contributed by atoms with Crippen LogP contribution >= 0.6 is 0 Å². The molecule has 2 aliphatic heterocycles. The second-order valence-electron chi connectivity index (χ2n) is 4.46. The molecule has 1 aromatic rings. The van der Waals surface area contributed by atoms with Crippen molar-refractivity contribution >= 4 is 0 Å². The van der Waals surface area contributed by atoms with Crippen molar-refractivity contribution in [3.63, 3.8) is 0 Å². The minimum Gasteiger partial charge on any atom is -0.493 e. The number of ether oxygens (including phenoxy) is 2. The van der Waals surface area contributed by atoms with Crippen LogP contribution in [0, 0.1) is 5.82 Å². The highest BCUT2D eigenvalue weighted by molar-refractivity contribution is 5.45. The highest BCUT2D eigenvalue weighted by Crippen LogP contribution is 2.36. The van der Waals surface area contributed by atoms with Crippen molar-refractivity contribution < 1.29 is 13.9 Å². The Morgan fingerprint density at radius 2 is 2.24 bits per heavy atom. The van der Waals surface area contributed by atoms with Crippen LogP contribution in [-0.4, -0.2) is 26.3 Å². The van der Waals surface area contributed by atoms with Gasteiger partial charge in [0.1, 0.15) is 17.7 Å². The molecule has 0 bridgehead atoms. The quantitative estimate of drug-likeness (QED) is 0.808. The van der Waals surface area contributed by atoms with E-state index in [2.05, 4.69) is 5.32 Å². The maximum atomic E-state index is 14.0. The van der Waals surface area contributed by atoms with Crippen LogP contribution in [0.2, 0.25) is 0 Å². The zero-order chi connectivity index (χ0) is 11.7. The summed E-state index contributed by atoms with van der Waals surface area (Å²) in [6.45, 7) is 2.77. The first-order chi connectivity index (χ1) is 8.36. The van der Waals surface area contributed by atoms with Crippen LogP contribution in [0.3, 0.4) is 0 Å². The smallest absolute Gasteiger partial charge is 0.132 e. The third-order valence-electron chi connectivity index (χ3n) is 3.31. The minimum atomic E-state index is -0.225. The van der Waals surface area contributed by atoms with E-state index < -0.39 is 0 Å². The molecular weight excluding hydrogens is 221 g/mol. The van der Waals surface area contributed by atoms with E-state index in [9.17, 15) is 4.39 Å². The largest absolute Gasteiger partial charge is 0.493 e. The molecule has 0 amide bonds. The summed E-state index contributed by atoms with van der Waals surface area (Å²) in [5, 5.41) is 3.22. The van der Waals surface area contributed by atoms with Gasteiger partial charge in [-0.15, -0.1) is 0 Å². The van der Waals surface area contributed by atoms with E-state index in [1.165, 1.54) is 6.07 Å². The van der Waals surface area contributed by atoms with Gasteiger partial charge in [0.2, 0.25) is 0 Å². The number of fused-ring (bicyclic) bond motifs is 1. The van der Waals surface area contributed by atoms with Gasteiger partial charge in [0, 0.05) is 13.1 Å². The van der Waals surface area contributed by atoms with Gasteiger partial charge in [-0.25, -0.2) is 4.39 Å². The van der Waals surface area contributed by atoms with Gasteiger partial charge in [-0.1, -0.05) is 6.07 Å². The number of aryl methyl sites for hydroxylation is 1. The Morgan fingerprint density at radius 1 is 1.29 bits per heavy atom. The fraction of sp³-hybridized carbons (Fsp3) is 0.538. The van der Waals surface area contributed by atoms with Gasteiger partial charge >= 0.3 is 0 Å². The summed E-state index contributed by atoms with van der Waals surface area (Å²) >= 11 is 0. The number of halogens is 1. The highest BCUT2D eigenvalue weighted by Gasteiger charge is 2.26. The van der Waals surface area contributed by atoms with Gasteiger partial charge in [-0.2, -0.15) is 0 Å². The zero-order valence-electron chi connectivity index (χ0n) is 9.67. The summed E-state index contributed by atoms with van der Waals surface area (Å²) in [7, 11) is 0. The summed E-state index contributed by atoms with van der Waals surface area (Å²) in [6, 6.07) is 3.35. The number of morpholine rings is 1. The van der Waals surface area contributed by atoms with Crippen molar-refractivity contribution in [3.8, 4) is 5.75 Å². The van der Waals surface area contributed by atoms with E-state index in [1.54, 1.807) is 0 Å². The van der Waals surface area contributed by atoms with Gasteiger partial charge in [-0.05, 0) is 24.5 Å². The second kappa shape index (κ2) is 4.63. The molecule has 1 saturated heterocycles. The van der Waals surface area contributed by atoms with Crippen LogP contribution in [0.5, 0.6) is 5.75 Å². The Bertz CT molecular complexity index is 416. The van der Waals surface area contributed by atoms with Crippen LogP contribution in [0.4, 0.5) is 4.39 Å². The van der Waals surface area contributed by atoms with E-state index in [0.29, 0.717) is 31.1 Å². The maximum absolute atomic E-state index is 14.0. The Hall–Kier alpha value is -1.13. The fourth-order valence-electron chi connectivity index (χ4n) is 2.48. The number of nitrogens with one attached hydrogen (secondary N) is 1. The second-order valence-corrected chi connectivity index (χ2v) is 4.46. The standard InChI is InChI=1S/C13H16FNO2/c14-10-4-3-9-2-1-6-17-13(9)12(10)11-8-15-5-7-16-11/h3-4,11,15H,1-2,5-8H2. The predicted octanol–water partition coefficient (Wildman–Crippen LogP) is 1.81. The van der Waals surface area contributed by atoms with Crippen molar-refractivity contribution in [2.45, 2.75) is 18.9 Å². The van der Waals surface area contributed by atoms with E-state index in [0.717, 1.165) is 24.9 Å². The van der Waals surface area contributed by atoms with Crippen LogP contribution < -0.4 is 10.1 Å². The van der Waals surface area contributed by atoms with Crippen LogP contribution in [-0.2, 0) is 11.2 Å². The lowest BCUT2D eigenvalue weighted by atomic mass is 9.98. The molecule has 0 aliphatic carbocycles. The van der Waals surface area contributed by atoms with E-state index >= 15 is 0 Å². The molecule has 3 rings (SSSR count). The Labute approximate surface area is 99.9 Å². The monoisotopic (exact) mass is 237 g/mol. The van der Waals surface area contributed by atoms with Crippen molar-refractivity contribution in [1.82, 2.24) is 5.32 Å². The topological polar surface area (TPSA) is 30.5 Å². The first-order valence-electron chi connectivity index (χ1n) is 6.12. The lowest BCUT2D eigenvalue weighted by Crippen LogP contribution is -2.34. The van der Waals surface area contributed by atoms with E-state index in [4.69, 9.17) is 9.47 Å². The molecule has 4 heteroatoms. The zero-order valence-corrected chi connectivity index (χ0v) is 9.67. The van der Waals surface area contributed by atoms with Gasteiger partial charge < -0.3 is 14.8 Å². The van der Waals surface area contributed by atoms with E-state index in [1.807, 2.05) is 6.07 Å². The predicted molar refractivity (Wildman–Crippen MR) is 61.8 cm³/mol. The SMILES string of the molecule is Fc1ccc2c(c1C1CNCCO1)OCCC2. The molecule has 1 atom stereocenters. The summed E-state index contributed by atoms with van der Waals surface area (Å²) < 4.78 is 25.2. The van der Waals surface area contributed by atoms with Gasteiger partial charge in [0.05, 0.1) is 18.8 Å². The molecule has 0 radical (unpaired) electrons. The Balaban J connectivity index is 2.01. The van der Waals surface area contributed by atoms with Crippen molar-refractivity contribution in [3.05, 3.63) is 29.1 Å². The summed E-state index contributed by atoms with van der Waals surface area (Å²) in [5.74, 6) is 0.490. The van der Waals surface area contributed by atoms with E-state index in [-0.39, 0.29) is 11.9 Å². The fourth-order valence-corrected chi connectivity index (χ4v) is 2.48. The first-order valence-corrected chi connectivity index (χ1v) is 6.12. The minimum absolute atomic E-state index is 0.223. The number of hydrogen-bond acceptors (Lipinski definition) is 3. The van der Waals surface area contributed by atoms with Crippen molar-refractivity contribution in [1.29, 1.82) is 0 Å². The van der Waals surface area contributed by atoms with Crippen molar-refractivity contribution in [2.24, 2.45) is 0 Å². The lowest BCUT2D eigenvalue weighted by Gasteiger charge is -2.28. The summed E-state index contributed by atoms with van der Waals surface area (Å²) in [4.78, 5) is 0. The molecule has 2 aliphatic rings. The Kier molecular flexibility index (Phi) is 2.99. The number of rotatable bonds is 1. The number of benzene rings is 1. The average molecular weight is 237 g/mol. The molecule has 1 N–H and O–H groups in total. The summed E-state index contributed by atoms with van der Waals surface area (Å²) in [5.41, 5.74) is 1.69. The summed E-state index contributed by atoms with van der Waals surface area (Å²) in [6.07, 6.45) is 1.74. The Morgan fingerprint density at radius 3 is 3.06 bits per heavy atom. The number of hydrogen-bond donors (Lipinski definition) is 1. The molecule has 0 saturated carbocycles. The van der Waals surface area contributed by atoms with Crippen LogP contribution in [0.25, 0.3) is 0 Å². The van der Waals surface area contributed by atoms with Gasteiger partial charge in [-0.3, -0.25) is 0 Å². The molecule has 2 heterocycles. The van der Waals surface area contributed by atoms with Gasteiger partial charge in [0.25, 0.3) is 0 Å². The molecular formula is C13H16FNO2. The maximum Gasteiger partial charge on any atom is 0.132 e. The third-order valence-corrected chi connectivity index (χ3v) is 3.31. The molecule has 17 heavy (non-hydrogen) atoms. The molecule has 1 unspecified atom stereocenters. The highest BCUT2D eigenvalue weighted by atomic mass is 19.1. The molecule has 1 fully saturated rings.